The lowest BCUT2D eigenvalue weighted by Gasteiger charge is -2.05. The molecular formula is C14H13N3O3. The molecule has 0 aromatic carbocycles. The number of carbonyl (C=O) groups excluding carboxylic acids is 1. The molecule has 0 saturated carbocycles. The van der Waals surface area contributed by atoms with Crippen LogP contribution in [-0.2, 0) is 4.74 Å². The van der Waals surface area contributed by atoms with Gasteiger partial charge in [0.2, 0.25) is 5.88 Å². The third kappa shape index (κ3) is 2.78. The number of terminal acetylenes is 1. The highest BCUT2D eigenvalue weighted by atomic mass is 16.5. The molecule has 0 bridgehead atoms. The quantitative estimate of drug-likeness (QED) is 0.827. The monoisotopic (exact) mass is 271 g/mol. The number of rotatable bonds is 4. The molecule has 0 fully saturated rings. The van der Waals surface area contributed by atoms with Crippen LogP contribution in [0.3, 0.4) is 0 Å². The molecule has 0 spiro atoms. The van der Waals surface area contributed by atoms with Gasteiger partial charge in [-0.05, 0) is 12.1 Å². The van der Waals surface area contributed by atoms with Gasteiger partial charge in [0.15, 0.2) is 5.69 Å². The summed E-state index contributed by atoms with van der Waals surface area (Å²) in [6.45, 7) is 0. The third-order valence-corrected chi connectivity index (χ3v) is 2.70. The van der Waals surface area contributed by atoms with Crippen molar-refractivity contribution in [3.05, 3.63) is 40.9 Å². The van der Waals surface area contributed by atoms with E-state index in [9.17, 15) is 4.79 Å². The normalized spacial score (nSPS) is 13.1. The lowest BCUT2D eigenvalue weighted by molar-refractivity contribution is 0.0961. The lowest BCUT2D eigenvalue weighted by atomic mass is 10.2. The maximum Gasteiger partial charge on any atom is 0.276 e. The van der Waals surface area contributed by atoms with Crippen LogP contribution in [0.2, 0.25) is 0 Å². The van der Waals surface area contributed by atoms with Crippen LogP contribution in [0, 0.1) is 12.3 Å². The fourth-order valence-corrected chi connectivity index (χ4v) is 1.67. The zero-order chi connectivity index (χ0) is 14.5. The predicted molar refractivity (Wildman–Crippen MR) is 71.8 cm³/mol. The average Bonchev–Trinajstić information content (AvgIpc) is 2.94. The fraction of sp³-hybridized carbons (Fsp3) is 0.214. The minimum atomic E-state index is -0.392. The van der Waals surface area contributed by atoms with Crippen LogP contribution in [0.1, 0.15) is 22.5 Å². The number of carbonyl (C=O) groups is 1. The van der Waals surface area contributed by atoms with Gasteiger partial charge in [-0.1, -0.05) is 12.0 Å². The van der Waals surface area contributed by atoms with Crippen LogP contribution in [0.15, 0.2) is 29.7 Å². The van der Waals surface area contributed by atoms with E-state index < -0.39 is 5.91 Å². The summed E-state index contributed by atoms with van der Waals surface area (Å²) in [7, 11) is 3.02. The molecule has 1 aromatic heterocycles. The van der Waals surface area contributed by atoms with Crippen LogP contribution in [-0.4, -0.2) is 30.3 Å². The van der Waals surface area contributed by atoms with Gasteiger partial charge in [0.05, 0.1) is 19.8 Å². The average molecular weight is 271 g/mol. The first kappa shape index (κ1) is 13.6. The van der Waals surface area contributed by atoms with Gasteiger partial charge in [-0.25, -0.2) is 0 Å². The molecule has 102 valence electrons. The molecule has 1 amide bonds. The van der Waals surface area contributed by atoms with Crippen LogP contribution in [0.4, 0.5) is 0 Å². The summed E-state index contributed by atoms with van der Waals surface area (Å²) < 4.78 is 10.0. The van der Waals surface area contributed by atoms with Crippen molar-refractivity contribution in [1.82, 2.24) is 15.5 Å². The molecule has 0 aliphatic heterocycles. The number of allylic oxidation sites excluding steroid dienone is 2. The van der Waals surface area contributed by atoms with Gasteiger partial charge in [-0.3, -0.25) is 4.79 Å². The molecule has 1 N–H and O–H groups in total. The second-order valence-corrected chi connectivity index (χ2v) is 3.93. The van der Waals surface area contributed by atoms with Crippen molar-refractivity contribution in [2.75, 3.05) is 14.2 Å². The highest BCUT2D eigenvalue weighted by Crippen LogP contribution is 2.17. The molecule has 1 aliphatic rings. The first-order valence-corrected chi connectivity index (χ1v) is 5.82. The summed E-state index contributed by atoms with van der Waals surface area (Å²) in [5.41, 5.74) is 1.16. The van der Waals surface area contributed by atoms with Crippen LogP contribution < -0.4 is 10.1 Å². The molecule has 6 nitrogen and oxygen atoms in total. The Morgan fingerprint density at radius 2 is 2.20 bits per heavy atom. The number of amides is 1. The summed E-state index contributed by atoms with van der Waals surface area (Å²) in [5.74, 6) is 3.00. The second kappa shape index (κ2) is 5.89. The van der Waals surface area contributed by atoms with Gasteiger partial charge < -0.3 is 14.8 Å². The minimum absolute atomic E-state index is 0.124. The van der Waals surface area contributed by atoms with E-state index in [1.54, 1.807) is 13.2 Å². The minimum Gasteiger partial charge on any atom is -0.501 e. The van der Waals surface area contributed by atoms with E-state index in [1.807, 2.05) is 6.08 Å². The number of aromatic nitrogens is 2. The van der Waals surface area contributed by atoms with Gasteiger partial charge >= 0.3 is 0 Å². The topological polar surface area (TPSA) is 73.3 Å². The highest BCUT2D eigenvalue weighted by Gasteiger charge is 2.15. The largest absolute Gasteiger partial charge is 0.501 e. The van der Waals surface area contributed by atoms with Crippen molar-refractivity contribution in [3.8, 4) is 18.2 Å². The molecule has 2 rings (SSSR count). The summed E-state index contributed by atoms with van der Waals surface area (Å²) in [4.78, 5) is 12.0. The van der Waals surface area contributed by atoms with Gasteiger partial charge in [0, 0.05) is 12.1 Å². The predicted octanol–water partition coefficient (Wildman–Crippen LogP) is 1.01. The first-order valence-electron chi connectivity index (χ1n) is 5.82. The van der Waals surface area contributed by atoms with Crippen LogP contribution >= 0.6 is 0 Å². The maximum absolute atomic E-state index is 12.0. The Morgan fingerprint density at radius 3 is 2.80 bits per heavy atom. The smallest absolute Gasteiger partial charge is 0.276 e. The van der Waals surface area contributed by atoms with E-state index in [-0.39, 0.29) is 11.6 Å². The summed E-state index contributed by atoms with van der Waals surface area (Å²) >= 11 is 0. The molecule has 0 radical (unpaired) electrons. The van der Waals surface area contributed by atoms with E-state index in [0.29, 0.717) is 17.7 Å². The Balaban J connectivity index is 2.15. The van der Waals surface area contributed by atoms with Crippen molar-refractivity contribution in [3.63, 3.8) is 0 Å². The second-order valence-electron chi connectivity index (χ2n) is 3.93. The standard InChI is InChI=1S/C14H13N3O3/c1-4-9-7-12(16-17-14(9)20-3)13(18)15-10-5-6-11(8-10)19-2/h1,5,7-8H,6H2,2-3H3,(H,15,18). The summed E-state index contributed by atoms with van der Waals surface area (Å²) in [6, 6.07) is 1.46. The SMILES string of the molecule is C#Cc1cc(C(=O)NC2=CCC(OC)=C2)nnc1OC. The Morgan fingerprint density at radius 1 is 1.40 bits per heavy atom. The van der Waals surface area contributed by atoms with Gasteiger partial charge in [-0.2, -0.15) is 0 Å². The van der Waals surface area contributed by atoms with E-state index in [2.05, 4.69) is 21.4 Å². The number of hydrogen-bond donors (Lipinski definition) is 1. The maximum atomic E-state index is 12.0. The molecule has 1 aromatic rings. The summed E-state index contributed by atoms with van der Waals surface area (Å²) in [6.07, 6.45) is 9.57. The van der Waals surface area contributed by atoms with Crippen molar-refractivity contribution < 1.29 is 14.3 Å². The van der Waals surface area contributed by atoms with Crippen molar-refractivity contribution in [1.29, 1.82) is 0 Å². The number of nitrogens with one attached hydrogen (secondary N) is 1. The lowest BCUT2D eigenvalue weighted by Crippen LogP contribution is -2.23. The van der Waals surface area contributed by atoms with E-state index in [4.69, 9.17) is 15.9 Å². The molecule has 0 atom stereocenters. The number of methoxy groups -OCH3 is 2. The Hall–Kier alpha value is -2.81. The molecule has 1 aliphatic carbocycles. The Labute approximate surface area is 116 Å². The molecule has 0 saturated heterocycles. The van der Waals surface area contributed by atoms with Crippen LogP contribution in [0.25, 0.3) is 0 Å². The van der Waals surface area contributed by atoms with Crippen molar-refractivity contribution >= 4 is 5.91 Å². The first-order chi connectivity index (χ1) is 9.67. The van der Waals surface area contributed by atoms with Crippen molar-refractivity contribution in [2.24, 2.45) is 0 Å². The van der Waals surface area contributed by atoms with Gasteiger partial charge in [0.1, 0.15) is 5.76 Å². The Kier molecular flexibility index (Phi) is 4.01. The van der Waals surface area contributed by atoms with E-state index in [0.717, 1.165) is 5.76 Å². The highest BCUT2D eigenvalue weighted by molar-refractivity contribution is 5.94. The van der Waals surface area contributed by atoms with Crippen LogP contribution in [0.5, 0.6) is 5.88 Å². The number of ether oxygens (including phenoxy) is 2. The summed E-state index contributed by atoms with van der Waals surface area (Å²) in [5, 5.41) is 10.2. The zero-order valence-electron chi connectivity index (χ0n) is 11.1. The molecule has 0 unspecified atom stereocenters. The molecule has 20 heavy (non-hydrogen) atoms. The fourth-order valence-electron chi connectivity index (χ4n) is 1.67. The van der Waals surface area contributed by atoms with E-state index >= 15 is 0 Å². The molecular weight excluding hydrogens is 258 g/mol. The zero-order valence-corrected chi connectivity index (χ0v) is 11.1. The van der Waals surface area contributed by atoms with Gasteiger partial charge in [-0.15, -0.1) is 16.6 Å². The van der Waals surface area contributed by atoms with E-state index in [1.165, 1.54) is 13.2 Å². The Bertz CT molecular complexity index is 642. The van der Waals surface area contributed by atoms with Gasteiger partial charge in [0.25, 0.3) is 5.91 Å². The number of hydrogen-bond acceptors (Lipinski definition) is 5. The molecule has 1 heterocycles. The molecule has 6 heteroatoms. The number of nitrogens with zero attached hydrogens (tertiary/aromatic N) is 2. The van der Waals surface area contributed by atoms with Crippen molar-refractivity contribution in [2.45, 2.75) is 6.42 Å². The third-order valence-electron chi connectivity index (χ3n) is 2.70.